The molecule has 0 N–H and O–H groups in total. The normalized spacial score (nSPS) is 12.0. The molecule has 0 aromatic heterocycles. The summed E-state index contributed by atoms with van der Waals surface area (Å²) in [7, 11) is 0. The molecule has 0 amide bonds. The van der Waals surface area contributed by atoms with Crippen molar-refractivity contribution in [3.63, 3.8) is 0 Å². The summed E-state index contributed by atoms with van der Waals surface area (Å²) in [5.41, 5.74) is 4.57. The van der Waals surface area contributed by atoms with Crippen LogP contribution < -0.4 is 4.90 Å². The van der Waals surface area contributed by atoms with Crippen LogP contribution in [0.3, 0.4) is 0 Å². The quantitative estimate of drug-likeness (QED) is 0.528. The maximum absolute atomic E-state index is 2.69. The van der Waals surface area contributed by atoms with Crippen LogP contribution in [0.25, 0.3) is 0 Å². The van der Waals surface area contributed by atoms with Crippen molar-refractivity contribution in [1.82, 2.24) is 0 Å². The van der Waals surface area contributed by atoms with Gasteiger partial charge in [0.05, 0.1) is 0 Å². The third-order valence-electron chi connectivity index (χ3n) is 4.33. The van der Waals surface area contributed by atoms with Crippen LogP contribution in [0.15, 0.2) is 18.2 Å². The summed E-state index contributed by atoms with van der Waals surface area (Å²) < 4.78 is 0. The molecule has 0 spiro atoms. The lowest BCUT2D eigenvalue weighted by Crippen LogP contribution is -2.37. The van der Waals surface area contributed by atoms with Gasteiger partial charge in [0.25, 0.3) is 0 Å². The second kappa shape index (κ2) is 8.60. The minimum atomic E-state index is 0.389. The van der Waals surface area contributed by atoms with Crippen molar-refractivity contribution in [3.8, 4) is 0 Å². The molecule has 0 saturated carbocycles. The third kappa shape index (κ3) is 6.42. The lowest BCUT2D eigenvalue weighted by atomic mass is 9.91. The summed E-state index contributed by atoms with van der Waals surface area (Å²) in [6, 6.07) is 7.70. The van der Waals surface area contributed by atoms with Gasteiger partial charge in [-0.3, -0.25) is 0 Å². The van der Waals surface area contributed by atoms with Gasteiger partial charge in [0, 0.05) is 18.3 Å². The largest absolute Gasteiger partial charge is 0.369 e. The van der Waals surface area contributed by atoms with E-state index in [0.29, 0.717) is 11.5 Å². The molecule has 0 aliphatic carbocycles. The lowest BCUT2D eigenvalue weighted by molar-refractivity contribution is 0.365. The Hall–Kier alpha value is -0.980. The number of anilines is 1. The Kier molecular flexibility index (Phi) is 7.45. The first-order chi connectivity index (χ1) is 10.3. The Labute approximate surface area is 139 Å². The fourth-order valence-electron chi connectivity index (χ4n) is 3.22. The van der Waals surface area contributed by atoms with Crippen LogP contribution in [0.5, 0.6) is 0 Å². The molecule has 1 heteroatoms. The molecule has 126 valence electrons. The van der Waals surface area contributed by atoms with E-state index in [2.05, 4.69) is 71.6 Å². The summed E-state index contributed by atoms with van der Waals surface area (Å²) in [5.74, 6) is 0. The molecule has 0 unspecified atom stereocenters. The summed E-state index contributed by atoms with van der Waals surface area (Å²) in [6.45, 7) is 17.3. The molecule has 0 radical (unpaired) electrons. The Morgan fingerprint density at radius 2 is 1.41 bits per heavy atom. The molecule has 0 aliphatic heterocycles. The van der Waals surface area contributed by atoms with Gasteiger partial charge in [-0.25, -0.2) is 0 Å². The second-order valence-corrected chi connectivity index (χ2v) is 8.08. The predicted molar refractivity (Wildman–Crippen MR) is 101 cm³/mol. The SMILES string of the molecule is CCCC(CCC)N(CCC(C)(C)C)c1cc(C)cc(C)c1. The molecular formula is C21H37N. The van der Waals surface area contributed by atoms with E-state index in [0.717, 1.165) is 6.54 Å². The van der Waals surface area contributed by atoms with Gasteiger partial charge in [0.2, 0.25) is 0 Å². The Balaban J connectivity index is 3.07. The molecule has 0 atom stereocenters. The van der Waals surface area contributed by atoms with E-state index in [-0.39, 0.29) is 0 Å². The van der Waals surface area contributed by atoms with Crippen LogP contribution in [-0.4, -0.2) is 12.6 Å². The molecular weight excluding hydrogens is 266 g/mol. The topological polar surface area (TPSA) is 3.24 Å². The Morgan fingerprint density at radius 3 is 1.82 bits per heavy atom. The van der Waals surface area contributed by atoms with Crippen molar-refractivity contribution >= 4 is 5.69 Å². The van der Waals surface area contributed by atoms with Gasteiger partial charge in [-0.05, 0) is 61.8 Å². The van der Waals surface area contributed by atoms with E-state index in [4.69, 9.17) is 0 Å². The molecule has 1 aromatic rings. The zero-order valence-electron chi connectivity index (χ0n) is 16.0. The number of hydrogen-bond acceptors (Lipinski definition) is 1. The van der Waals surface area contributed by atoms with Crippen molar-refractivity contribution in [2.45, 2.75) is 86.6 Å². The smallest absolute Gasteiger partial charge is 0.0374 e. The summed E-state index contributed by atoms with van der Waals surface area (Å²) >= 11 is 0. The maximum atomic E-state index is 2.69. The average Bonchev–Trinajstić information content (AvgIpc) is 2.37. The van der Waals surface area contributed by atoms with Crippen LogP contribution in [0, 0.1) is 19.3 Å². The molecule has 0 saturated heterocycles. The van der Waals surface area contributed by atoms with E-state index in [1.165, 1.54) is 48.9 Å². The highest BCUT2D eigenvalue weighted by molar-refractivity contribution is 5.51. The summed E-state index contributed by atoms with van der Waals surface area (Å²) in [5, 5.41) is 0. The Morgan fingerprint density at radius 1 is 0.909 bits per heavy atom. The Bertz CT molecular complexity index is 415. The average molecular weight is 304 g/mol. The van der Waals surface area contributed by atoms with Crippen LogP contribution in [0.1, 0.15) is 77.8 Å². The monoisotopic (exact) mass is 303 g/mol. The summed E-state index contributed by atoms with van der Waals surface area (Å²) in [4.78, 5) is 2.69. The van der Waals surface area contributed by atoms with Gasteiger partial charge in [0.1, 0.15) is 0 Å². The molecule has 0 bridgehead atoms. The number of nitrogens with zero attached hydrogens (tertiary/aromatic N) is 1. The van der Waals surface area contributed by atoms with E-state index in [9.17, 15) is 0 Å². The number of hydrogen-bond donors (Lipinski definition) is 0. The van der Waals surface area contributed by atoms with Crippen LogP contribution >= 0.6 is 0 Å². The van der Waals surface area contributed by atoms with Gasteiger partial charge in [-0.2, -0.15) is 0 Å². The molecule has 0 fully saturated rings. The summed E-state index contributed by atoms with van der Waals surface area (Å²) in [6.07, 6.45) is 6.36. The minimum Gasteiger partial charge on any atom is -0.369 e. The van der Waals surface area contributed by atoms with Crippen molar-refractivity contribution < 1.29 is 0 Å². The van der Waals surface area contributed by atoms with E-state index >= 15 is 0 Å². The van der Waals surface area contributed by atoms with Gasteiger partial charge in [-0.1, -0.05) is 53.5 Å². The van der Waals surface area contributed by atoms with Crippen molar-refractivity contribution in [1.29, 1.82) is 0 Å². The second-order valence-electron chi connectivity index (χ2n) is 8.08. The standard InChI is InChI=1S/C21H37N/c1-8-10-19(11-9-2)22(13-12-21(5,6)7)20-15-17(3)14-18(4)16-20/h14-16,19H,8-13H2,1-7H3. The molecule has 0 heterocycles. The highest BCUT2D eigenvalue weighted by Gasteiger charge is 2.20. The first kappa shape index (κ1) is 19.1. The van der Waals surface area contributed by atoms with Crippen molar-refractivity contribution in [2.24, 2.45) is 5.41 Å². The van der Waals surface area contributed by atoms with Gasteiger partial charge >= 0.3 is 0 Å². The molecule has 0 aliphatic rings. The third-order valence-corrected chi connectivity index (χ3v) is 4.33. The maximum Gasteiger partial charge on any atom is 0.0374 e. The fourth-order valence-corrected chi connectivity index (χ4v) is 3.22. The highest BCUT2D eigenvalue weighted by atomic mass is 15.2. The molecule has 1 aromatic carbocycles. The van der Waals surface area contributed by atoms with Crippen LogP contribution in [0.2, 0.25) is 0 Å². The van der Waals surface area contributed by atoms with Crippen molar-refractivity contribution in [2.75, 3.05) is 11.4 Å². The van der Waals surface area contributed by atoms with Crippen LogP contribution in [-0.2, 0) is 0 Å². The van der Waals surface area contributed by atoms with E-state index < -0.39 is 0 Å². The number of aryl methyl sites for hydroxylation is 2. The van der Waals surface area contributed by atoms with Gasteiger partial charge in [0.15, 0.2) is 0 Å². The molecule has 22 heavy (non-hydrogen) atoms. The first-order valence-electron chi connectivity index (χ1n) is 9.11. The van der Waals surface area contributed by atoms with Gasteiger partial charge < -0.3 is 4.90 Å². The molecule has 1 nitrogen and oxygen atoms in total. The number of benzene rings is 1. The van der Waals surface area contributed by atoms with Crippen molar-refractivity contribution in [3.05, 3.63) is 29.3 Å². The fraction of sp³-hybridized carbons (Fsp3) is 0.714. The zero-order chi connectivity index (χ0) is 16.8. The predicted octanol–water partition coefficient (Wildman–Crippen LogP) is 6.51. The van der Waals surface area contributed by atoms with Crippen LogP contribution in [0.4, 0.5) is 5.69 Å². The zero-order valence-corrected chi connectivity index (χ0v) is 16.0. The van der Waals surface area contributed by atoms with Gasteiger partial charge in [-0.15, -0.1) is 0 Å². The van der Waals surface area contributed by atoms with E-state index in [1.54, 1.807) is 0 Å². The number of rotatable bonds is 8. The molecule has 1 rings (SSSR count). The highest BCUT2D eigenvalue weighted by Crippen LogP contribution is 2.28. The van der Waals surface area contributed by atoms with E-state index in [1.807, 2.05) is 0 Å². The lowest BCUT2D eigenvalue weighted by Gasteiger charge is -2.36. The first-order valence-corrected chi connectivity index (χ1v) is 9.11. The minimum absolute atomic E-state index is 0.389.